The first-order valence-corrected chi connectivity index (χ1v) is 5.60. The van der Waals surface area contributed by atoms with Gasteiger partial charge in [-0.25, -0.2) is 4.39 Å². The largest absolute Gasteiger partial charge is 0.324 e. The van der Waals surface area contributed by atoms with Gasteiger partial charge in [-0.3, -0.25) is 0 Å². The van der Waals surface area contributed by atoms with E-state index in [1.807, 2.05) is 6.07 Å². The molecule has 0 bridgehead atoms. The molecule has 1 nitrogen and oxygen atoms in total. The molecule has 3 heteroatoms. The highest BCUT2D eigenvalue weighted by Gasteiger charge is 2.30. The topological polar surface area (TPSA) is 26.0 Å². The number of nitrogens with two attached hydrogens (primary N) is 1. The van der Waals surface area contributed by atoms with Gasteiger partial charge >= 0.3 is 0 Å². The highest BCUT2D eigenvalue weighted by atomic mass is 79.9. The van der Waals surface area contributed by atoms with Crippen molar-refractivity contribution in [1.82, 2.24) is 0 Å². The van der Waals surface area contributed by atoms with Gasteiger partial charge in [0.15, 0.2) is 0 Å². The van der Waals surface area contributed by atoms with Crippen molar-refractivity contribution in [3.8, 4) is 0 Å². The first-order valence-electron chi connectivity index (χ1n) is 4.80. The van der Waals surface area contributed by atoms with Gasteiger partial charge in [-0.1, -0.05) is 22.0 Å². The van der Waals surface area contributed by atoms with Crippen LogP contribution in [0.4, 0.5) is 4.39 Å². The molecule has 14 heavy (non-hydrogen) atoms. The lowest BCUT2D eigenvalue weighted by atomic mass is 10.0. The molecule has 0 aromatic heterocycles. The smallest absolute Gasteiger partial charge is 0.127 e. The maximum absolute atomic E-state index is 13.2. The quantitative estimate of drug-likeness (QED) is 0.865. The summed E-state index contributed by atoms with van der Waals surface area (Å²) in [7, 11) is 0. The number of hydrogen-bond acceptors (Lipinski definition) is 1. The summed E-state index contributed by atoms with van der Waals surface area (Å²) < 4.78 is 14.0. The molecule has 1 fully saturated rings. The number of rotatable bonds is 2. The van der Waals surface area contributed by atoms with E-state index in [0.29, 0.717) is 11.5 Å². The summed E-state index contributed by atoms with van der Waals surface area (Å²) in [5.41, 5.74) is 7.77. The molecule has 0 radical (unpaired) electrons. The fraction of sp³-hybridized carbons (Fsp3) is 0.455. The Balaban J connectivity index is 2.36. The summed E-state index contributed by atoms with van der Waals surface area (Å²) >= 11 is 3.36. The van der Waals surface area contributed by atoms with Crippen molar-refractivity contribution in [2.45, 2.75) is 25.8 Å². The van der Waals surface area contributed by atoms with Gasteiger partial charge < -0.3 is 5.73 Å². The average Bonchev–Trinajstić information content (AvgIpc) is 2.93. The minimum atomic E-state index is -0.177. The van der Waals surface area contributed by atoms with E-state index in [0.717, 1.165) is 10.0 Å². The molecule has 0 saturated heterocycles. The Kier molecular flexibility index (Phi) is 2.62. The summed E-state index contributed by atoms with van der Waals surface area (Å²) in [6.45, 7) is 1.77. The monoisotopic (exact) mass is 257 g/mol. The molecule has 0 heterocycles. The molecule has 0 amide bonds. The Morgan fingerprint density at radius 3 is 2.71 bits per heavy atom. The van der Waals surface area contributed by atoms with Crippen molar-refractivity contribution in [2.75, 3.05) is 0 Å². The molecule has 1 aliphatic rings. The molecule has 1 aliphatic carbocycles. The number of halogens is 2. The van der Waals surface area contributed by atoms with Crippen LogP contribution in [0.3, 0.4) is 0 Å². The molecule has 1 atom stereocenters. The van der Waals surface area contributed by atoms with Crippen molar-refractivity contribution >= 4 is 15.9 Å². The van der Waals surface area contributed by atoms with Crippen molar-refractivity contribution in [2.24, 2.45) is 11.7 Å². The van der Waals surface area contributed by atoms with Crippen molar-refractivity contribution in [1.29, 1.82) is 0 Å². The van der Waals surface area contributed by atoms with E-state index in [4.69, 9.17) is 5.73 Å². The van der Waals surface area contributed by atoms with Gasteiger partial charge in [0.05, 0.1) is 0 Å². The zero-order valence-corrected chi connectivity index (χ0v) is 9.64. The lowest BCUT2D eigenvalue weighted by Crippen LogP contribution is -2.13. The Bertz CT molecular complexity index is 361. The summed E-state index contributed by atoms with van der Waals surface area (Å²) in [5, 5.41) is 0. The van der Waals surface area contributed by atoms with E-state index in [9.17, 15) is 4.39 Å². The van der Waals surface area contributed by atoms with Crippen LogP contribution in [0.5, 0.6) is 0 Å². The summed E-state index contributed by atoms with van der Waals surface area (Å²) in [6, 6.07) is 3.42. The molecule has 1 aromatic rings. The number of benzene rings is 1. The molecule has 0 unspecified atom stereocenters. The zero-order chi connectivity index (χ0) is 10.3. The standard InChI is InChI=1S/C11H13BrFN/c1-6-4-8(9(12)5-10(6)13)11(14)7-2-3-7/h4-5,7,11H,2-3,14H2,1H3/t11-/m0/s1. The zero-order valence-electron chi connectivity index (χ0n) is 8.06. The summed E-state index contributed by atoms with van der Waals surface area (Å²) in [4.78, 5) is 0. The number of aryl methyl sites for hydroxylation is 1. The van der Waals surface area contributed by atoms with Gasteiger partial charge in [-0.05, 0) is 42.9 Å². The highest BCUT2D eigenvalue weighted by molar-refractivity contribution is 9.10. The van der Waals surface area contributed by atoms with Crippen LogP contribution in [0.2, 0.25) is 0 Å². The van der Waals surface area contributed by atoms with Crippen molar-refractivity contribution in [3.05, 3.63) is 33.5 Å². The Morgan fingerprint density at radius 1 is 1.50 bits per heavy atom. The van der Waals surface area contributed by atoms with Gasteiger partial charge in [0.2, 0.25) is 0 Å². The molecule has 0 aliphatic heterocycles. The maximum Gasteiger partial charge on any atom is 0.127 e. The maximum atomic E-state index is 13.2. The van der Waals surface area contributed by atoms with E-state index in [1.165, 1.54) is 18.9 Å². The molecular formula is C11H13BrFN. The van der Waals surface area contributed by atoms with E-state index in [2.05, 4.69) is 15.9 Å². The molecule has 1 saturated carbocycles. The Hall–Kier alpha value is -0.410. The van der Waals surface area contributed by atoms with E-state index >= 15 is 0 Å². The number of hydrogen-bond donors (Lipinski definition) is 1. The van der Waals surface area contributed by atoms with E-state index < -0.39 is 0 Å². The third kappa shape index (κ3) is 1.84. The van der Waals surface area contributed by atoms with Gasteiger partial charge in [-0.2, -0.15) is 0 Å². The normalized spacial score (nSPS) is 18.3. The van der Waals surface area contributed by atoms with Crippen LogP contribution < -0.4 is 5.73 Å². The molecule has 2 rings (SSSR count). The first-order chi connectivity index (χ1) is 6.59. The fourth-order valence-electron chi connectivity index (χ4n) is 1.64. The highest BCUT2D eigenvalue weighted by Crippen LogP contribution is 2.41. The fourth-order valence-corrected chi connectivity index (χ4v) is 2.22. The third-order valence-corrected chi connectivity index (χ3v) is 3.45. The summed E-state index contributed by atoms with van der Waals surface area (Å²) in [5.74, 6) is 0.416. The van der Waals surface area contributed by atoms with Crippen LogP contribution in [0, 0.1) is 18.7 Å². The summed E-state index contributed by atoms with van der Waals surface area (Å²) in [6.07, 6.45) is 2.40. The molecule has 76 valence electrons. The van der Waals surface area contributed by atoms with Crippen molar-refractivity contribution in [3.63, 3.8) is 0 Å². The molecular weight excluding hydrogens is 245 g/mol. The van der Waals surface area contributed by atoms with Crippen LogP contribution in [-0.4, -0.2) is 0 Å². The molecule has 1 aromatic carbocycles. The molecule has 2 N–H and O–H groups in total. The minimum absolute atomic E-state index is 0.0590. The van der Waals surface area contributed by atoms with E-state index in [-0.39, 0.29) is 11.9 Å². The Morgan fingerprint density at radius 2 is 2.14 bits per heavy atom. The Labute approximate surface area is 91.6 Å². The van der Waals surface area contributed by atoms with Crippen LogP contribution in [0.15, 0.2) is 16.6 Å². The van der Waals surface area contributed by atoms with Gasteiger partial charge in [0.1, 0.15) is 5.82 Å². The van der Waals surface area contributed by atoms with Crippen LogP contribution in [0.1, 0.15) is 30.0 Å². The minimum Gasteiger partial charge on any atom is -0.324 e. The van der Waals surface area contributed by atoms with Crippen molar-refractivity contribution < 1.29 is 4.39 Å². The van der Waals surface area contributed by atoms with Gasteiger partial charge in [0, 0.05) is 10.5 Å². The van der Waals surface area contributed by atoms with Crippen LogP contribution >= 0.6 is 15.9 Å². The second-order valence-electron chi connectivity index (χ2n) is 3.99. The lowest BCUT2D eigenvalue weighted by molar-refractivity contribution is 0.603. The predicted octanol–water partition coefficient (Wildman–Crippen LogP) is 3.31. The second-order valence-corrected chi connectivity index (χ2v) is 4.84. The van der Waals surface area contributed by atoms with Gasteiger partial charge in [0.25, 0.3) is 0 Å². The molecule has 0 spiro atoms. The first kappa shape index (κ1) is 10.1. The van der Waals surface area contributed by atoms with E-state index in [1.54, 1.807) is 6.92 Å². The van der Waals surface area contributed by atoms with Crippen LogP contribution in [-0.2, 0) is 0 Å². The lowest BCUT2D eigenvalue weighted by Gasteiger charge is -2.14. The third-order valence-electron chi connectivity index (χ3n) is 2.77. The van der Waals surface area contributed by atoms with Gasteiger partial charge in [-0.15, -0.1) is 0 Å². The predicted molar refractivity (Wildman–Crippen MR) is 58.5 cm³/mol. The SMILES string of the molecule is Cc1cc([C@@H](N)C2CC2)c(Br)cc1F. The second kappa shape index (κ2) is 3.63. The average molecular weight is 258 g/mol. The van der Waals surface area contributed by atoms with Crippen LogP contribution in [0.25, 0.3) is 0 Å².